The second kappa shape index (κ2) is 6.66. The molecule has 2 heterocycles. The number of hydrogen-bond donors (Lipinski definition) is 0. The van der Waals surface area contributed by atoms with Crippen molar-refractivity contribution < 1.29 is 14.2 Å². The molecule has 0 saturated carbocycles. The van der Waals surface area contributed by atoms with Gasteiger partial charge in [0.15, 0.2) is 12.4 Å². The summed E-state index contributed by atoms with van der Waals surface area (Å²) in [6.07, 6.45) is 1.82. The Balaban J connectivity index is 1.90. The van der Waals surface area contributed by atoms with Gasteiger partial charge >= 0.3 is 0 Å². The van der Waals surface area contributed by atoms with Gasteiger partial charge in [-0.3, -0.25) is 0 Å². The molecule has 3 aromatic rings. The van der Waals surface area contributed by atoms with Gasteiger partial charge in [-0.25, -0.2) is 4.68 Å². The van der Waals surface area contributed by atoms with Gasteiger partial charge < -0.3 is 14.2 Å². The quantitative estimate of drug-likeness (QED) is 0.655. The van der Waals surface area contributed by atoms with E-state index in [1.807, 2.05) is 48.1 Å². The normalized spacial score (nSPS) is 10.9. The van der Waals surface area contributed by atoms with Crippen LogP contribution in [0.5, 0.6) is 11.6 Å². The number of pyridine rings is 1. The number of nitrogens with zero attached hydrogens (tertiary/aromatic N) is 3. The Labute approximate surface area is 134 Å². The Kier molecular flexibility index (Phi) is 4.43. The van der Waals surface area contributed by atoms with Gasteiger partial charge in [-0.15, -0.1) is 0 Å². The molecule has 2 aromatic heterocycles. The number of hydrogen-bond acceptors (Lipinski definition) is 5. The largest absolute Gasteiger partial charge is 0.497 e. The Morgan fingerprint density at radius 3 is 2.61 bits per heavy atom. The molecular weight excluding hydrogens is 294 g/mol. The number of rotatable bonds is 6. The van der Waals surface area contributed by atoms with E-state index in [0.717, 1.165) is 27.9 Å². The maximum absolute atomic E-state index is 5.51. The molecule has 6 nitrogen and oxygen atoms in total. The van der Waals surface area contributed by atoms with Crippen LogP contribution in [-0.4, -0.2) is 35.8 Å². The van der Waals surface area contributed by atoms with Crippen LogP contribution in [0.4, 0.5) is 0 Å². The van der Waals surface area contributed by atoms with Gasteiger partial charge in [-0.2, -0.15) is 10.1 Å². The molecule has 0 radical (unpaired) electrons. The summed E-state index contributed by atoms with van der Waals surface area (Å²) in [6, 6.07) is 9.92. The summed E-state index contributed by atoms with van der Waals surface area (Å²) in [5.74, 6) is 1.40. The predicted octanol–water partition coefficient (Wildman–Crippen LogP) is 2.78. The lowest BCUT2D eigenvalue weighted by molar-refractivity contribution is 0.0475. The van der Waals surface area contributed by atoms with Gasteiger partial charge in [-0.05, 0) is 30.7 Å². The lowest BCUT2D eigenvalue weighted by Gasteiger charge is -2.09. The van der Waals surface area contributed by atoms with Crippen LogP contribution in [-0.2, 0) is 11.3 Å². The maximum atomic E-state index is 5.51. The fraction of sp³-hybridized carbons (Fsp3) is 0.294. The lowest BCUT2D eigenvalue weighted by atomic mass is 10.2. The first-order valence-corrected chi connectivity index (χ1v) is 7.29. The lowest BCUT2D eigenvalue weighted by Crippen LogP contribution is -2.05. The third-order valence-electron chi connectivity index (χ3n) is 3.56. The van der Waals surface area contributed by atoms with E-state index in [1.165, 1.54) is 0 Å². The highest BCUT2D eigenvalue weighted by Crippen LogP contribution is 2.22. The summed E-state index contributed by atoms with van der Waals surface area (Å²) in [7, 11) is 3.24. The highest BCUT2D eigenvalue weighted by Gasteiger charge is 2.10. The SMILES string of the molecule is COCOc1nc2c(cnn2Cc2ccc(OC)cc2)cc1C. The molecule has 0 fully saturated rings. The van der Waals surface area contributed by atoms with E-state index in [4.69, 9.17) is 14.2 Å². The summed E-state index contributed by atoms with van der Waals surface area (Å²) in [5, 5.41) is 5.42. The average molecular weight is 313 g/mol. The van der Waals surface area contributed by atoms with Gasteiger partial charge in [-0.1, -0.05) is 12.1 Å². The number of fused-ring (bicyclic) bond motifs is 1. The molecule has 0 aliphatic rings. The molecule has 0 aliphatic heterocycles. The first kappa shape index (κ1) is 15.3. The molecule has 0 saturated heterocycles. The van der Waals surface area contributed by atoms with Crippen molar-refractivity contribution >= 4 is 11.0 Å². The van der Waals surface area contributed by atoms with E-state index in [-0.39, 0.29) is 6.79 Å². The fourth-order valence-corrected chi connectivity index (χ4v) is 2.38. The highest BCUT2D eigenvalue weighted by atomic mass is 16.7. The smallest absolute Gasteiger partial charge is 0.220 e. The highest BCUT2D eigenvalue weighted by molar-refractivity contribution is 5.76. The average Bonchev–Trinajstić information content (AvgIpc) is 2.95. The molecular formula is C17H19N3O3. The molecule has 1 aromatic carbocycles. The molecule has 0 unspecified atom stereocenters. The van der Waals surface area contributed by atoms with Crippen LogP contribution in [0.15, 0.2) is 36.5 Å². The second-order valence-corrected chi connectivity index (χ2v) is 5.22. The molecule has 6 heteroatoms. The molecule has 3 rings (SSSR count). The molecule has 0 amide bonds. The van der Waals surface area contributed by atoms with Gasteiger partial charge in [0.1, 0.15) is 5.75 Å². The van der Waals surface area contributed by atoms with Crippen molar-refractivity contribution in [1.82, 2.24) is 14.8 Å². The standard InChI is InChI=1S/C17H19N3O3/c1-12-8-14-9-18-20(16(14)19-17(12)23-11-21-2)10-13-4-6-15(22-3)7-5-13/h4-9H,10-11H2,1-3H3. The Bertz CT molecular complexity index is 797. The molecule has 0 spiro atoms. The van der Waals surface area contributed by atoms with Crippen LogP contribution in [0.25, 0.3) is 11.0 Å². The Hall–Kier alpha value is -2.60. The van der Waals surface area contributed by atoms with E-state index in [2.05, 4.69) is 10.1 Å². The third-order valence-corrected chi connectivity index (χ3v) is 3.56. The summed E-state index contributed by atoms with van der Waals surface area (Å²) >= 11 is 0. The van der Waals surface area contributed by atoms with Crippen LogP contribution in [0, 0.1) is 6.92 Å². The first-order chi connectivity index (χ1) is 11.2. The molecule has 0 atom stereocenters. The maximum Gasteiger partial charge on any atom is 0.220 e. The molecule has 0 N–H and O–H groups in total. The minimum atomic E-state index is 0.173. The van der Waals surface area contributed by atoms with Crippen molar-refractivity contribution in [2.75, 3.05) is 21.0 Å². The monoisotopic (exact) mass is 313 g/mol. The van der Waals surface area contributed by atoms with E-state index >= 15 is 0 Å². The van der Waals surface area contributed by atoms with Crippen LogP contribution < -0.4 is 9.47 Å². The Morgan fingerprint density at radius 2 is 1.91 bits per heavy atom. The topological polar surface area (TPSA) is 58.4 Å². The van der Waals surface area contributed by atoms with E-state index in [9.17, 15) is 0 Å². The summed E-state index contributed by atoms with van der Waals surface area (Å²) in [4.78, 5) is 4.58. The molecule has 0 aliphatic carbocycles. The van der Waals surface area contributed by atoms with Crippen LogP contribution in [0.3, 0.4) is 0 Å². The minimum absolute atomic E-state index is 0.173. The zero-order valence-corrected chi connectivity index (χ0v) is 13.4. The van der Waals surface area contributed by atoms with Crippen molar-refractivity contribution in [3.05, 3.63) is 47.7 Å². The molecule has 0 bridgehead atoms. The molecule has 120 valence electrons. The van der Waals surface area contributed by atoms with Crippen molar-refractivity contribution in [3.8, 4) is 11.6 Å². The summed E-state index contributed by atoms with van der Waals surface area (Å²) in [5.41, 5.74) is 2.87. The first-order valence-electron chi connectivity index (χ1n) is 7.29. The van der Waals surface area contributed by atoms with E-state index < -0.39 is 0 Å². The number of aryl methyl sites for hydroxylation is 1. The third kappa shape index (κ3) is 3.27. The van der Waals surface area contributed by atoms with Gasteiger partial charge in [0.2, 0.25) is 5.88 Å². The van der Waals surface area contributed by atoms with Crippen molar-refractivity contribution in [1.29, 1.82) is 0 Å². The number of ether oxygens (including phenoxy) is 3. The van der Waals surface area contributed by atoms with Gasteiger partial charge in [0, 0.05) is 18.1 Å². The van der Waals surface area contributed by atoms with Gasteiger partial charge in [0.25, 0.3) is 0 Å². The van der Waals surface area contributed by atoms with Crippen molar-refractivity contribution in [2.24, 2.45) is 0 Å². The van der Waals surface area contributed by atoms with Crippen LogP contribution >= 0.6 is 0 Å². The number of benzene rings is 1. The predicted molar refractivity (Wildman–Crippen MR) is 86.9 cm³/mol. The summed E-state index contributed by atoms with van der Waals surface area (Å²) in [6.45, 7) is 2.76. The minimum Gasteiger partial charge on any atom is -0.497 e. The van der Waals surface area contributed by atoms with Crippen molar-refractivity contribution in [2.45, 2.75) is 13.5 Å². The second-order valence-electron chi connectivity index (χ2n) is 5.22. The van der Waals surface area contributed by atoms with E-state index in [1.54, 1.807) is 14.2 Å². The van der Waals surface area contributed by atoms with Crippen LogP contribution in [0.2, 0.25) is 0 Å². The summed E-state index contributed by atoms with van der Waals surface area (Å²) < 4.78 is 17.5. The fourth-order valence-electron chi connectivity index (χ4n) is 2.38. The zero-order valence-electron chi connectivity index (χ0n) is 13.4. The number of methoxy groups -OCH3 is 2. The van der Waals surface area contributed by atoms with Crippen LogP contribution in [0.1, 0.15) is 11.1 Å². The van der Waals surface area contributed by atoms with Crippen molar-refractivity contribution in [3.63, 3.8) is 0 Å². The zero-order chi connectivity index (χ0) is 16.2. The number of aromatic nitrogens is 3. The van der Waals surface area contributed by atoms with E-state index in [0.29, 0.717) is 12.4 Å². The molecule has 23 heavy (non-hydrogen) atoms. The van der Waals surface area contributed by atoms with Gasteiger partial charge in [0.05, 0.1) is 19.9 Å². The Morgan fingerprint density at radius 1 is 1.13 bits per heavy atom.